The van der Waals surface area contributed by atoms with E-state index in [1.54, 1.807) is 11.3 Å². The van der Waals surface area contributed by atoms with Crippen LogP contribution in [0.4, 0.5) is 0 Å². The fourth-order valence-electron chi connectivity index (χ4n) is 1.94. The molecule has 0 radical (unpaired) electrons. The van der Waals surface area contributed by atoms with Gasteiger partial charge in [0.25, 0.3) is 0 Å². The molecular weight excluding hydrogens is 208 g/mol. The van der Waals surface area contributed by atoms with Gasteiger partial charge in [-0.3, -0.25) is 0 Å². The van der Waals surface area contributed by atoms with E-state index in [0.717, 1.165) is 25.6 Å². The van der Waals surface area contributed by atoms with Crippen LogP contribution < -0.4 is 0 Å². The van der Waals surface area contributed by atoms with E-state index >= 15 is 0 Å². The van der Waals surface area contributed by atoms with Gasteiger partial charge in [0.15, 0.2) is 0 Å². The van der Waals surface area contributed by atoms with Gasteiger partial charge in [-0.15, -0.1) is 11.3 Å². The first-order valence-electron chi connectivity index (χ1n) is 5.58. The summed E-state index contributed by atoms with van der Waals surface area (Å²) in [6, 6.07) is 0. The van der Waals surface area contributed by atoms with E-state index in [2.05, 4.69) is 17.3 Å². The van der Waals surface area contributed by atoms with Gasteiger partial charge >= 0.3 is 0 Å². The van der Waals surface area contributed by atoms with E-state index in [-0.39, 0.29) is 6.10 Å². The monoisotopic (exact) mass is 224 g/mol. The standard InChI is InChI=1S/C11H16N2OS/c1-13-4-5-14-10(6-13)11-12-9(7-15-11)8-2-3-8/h7-8,10H,2-6H2,1H3. The smallest absolute Gasteiger partial charge is 0.123 e. The molecule has 0 aromatic carbocycles. The summed E-state index contributed by atoms with van der Waals surface area (Å²) in [5, 5.41) is 3.38. The maximum atomic E-state index is 5.75. The molecule has 1 saturated carbocycles. The van der Waals surface area contributed by atoms with Crippen molar-refractivity contribution < 1.29 is 4.74 Å². The van der Waals surface area contributed by atoms with Crippen molar-refractivity contribution in [3.63, 3.8) is 0 Å². The van der Waals surface area contributed by atoms with Crippen LogP contribution in [0.2, 0.25) is 0 Å². The first-order valence-corrected chi connectivity index (χ1v) is 6.46. The van der Waals surface area contributed by atoms with Crippen LogP contribution in [0.5, 0.6) is 0 Å². The van der Waals surface area contributed by atoms with Crippen molar-refractivity contribution in [3.8, 4) is 0 Å². The fourth-order valence-corrected chi connectivity index (χ4v) is 2.88. The van der Waals surface area contributed by atoms with Crippen molar-refractivity contribution >= 4 is 11.3 Å². The lowest BCUT2D eigenvalue weighted by Gasteiger charge is -2.28. The fraction of sp³-hybridized carbons (Fsp3) is 0.727. The number of rotatable bonds is 2. The Morgan fingerprint density at radius 2 is 2.40 bits per heavy atom. The minimum absolute atomic E-state index is 0.209. The average Bonchev–Trinajstić information content (AvgIpc) is 2.97. The van der Waals surface area contributed by atoms with Gasteiger partial charge in [-0.25, -0.2) is 4.98 Å². The van der Waals surface area contributed by atoms with E-state index in [9.17, 15) is 0 Å². The molecule has 0 N–H and O–H groups in total. The normalized spacial score (nSPS) is 28.2. The zero-order valence-corrected chi connectivity index (χ0v) is 9.80. The Hall–Kier alpha value is -0.450. The number of nitrogens with zero attached hydrogens (tertiary/aromatic N) is 2. The molecule has 1 aliphatic carbocycles. The van der Waals surface area contributed by atoms with Crippen molar-refractivity contribution in [2.45, 2.75) is 24.9 Å². The van der Waals surface area contributed by atoms with Crippen LogP contribution in [0.15, 0.2) is 5.38 Å². The predicted octanol–water partition coefficient (Wildman–Crippen LogP) is 2.02. The van der Waals surface area contributed by atoms with E-state index in [4.69, 9.17) is 9.72 Å². The van der Waals surface area contributed by atoms with Crippen LogP contribution in [-0.4, -0.2) is 36.6 Å². The molecule has 0 bridgehead atoms. The van der Waals surface area contributed by atoms with Crippen LogP contribution in [0.1, 0.15) is 35.6 Å². The van der Waals surface area contributed by atoms with Crippen LogP contribution >= 0.6 is 11.3 Å². The van der Waals surface area contributed by atoms with Gasteiger partial charge in [-0.05, 0) is 19.9 Å². The Labute approximate surface area is 94.1 Å². The second-order valence-corrected chi connectivity index (χ2v) is 5.40. The summed E-state index contributed by atoms with van der Waals surface area (Å²) in [5.74, 6) is 0.760. The van der Waals surface area contributed by atoms with Gasteiger partial charge in [0.2, 0.25) is 0 Å². The molecule has 2 aliphatic rings. The Morgan fingerprint density at radius 3 is 3.13 bits per heavy atom. The maximum absolute atomic E-state index is 5.75. The lowest BCUT2D eigenvalue weighted by Crippen LogP contribution is -2.35. The highest BCUT2D eigenvalue weighted by molar-refractivity contribution is 7.09. The minimum atomic E-state index is 0.209. The molecule has 4 heteroatoms. The lowest BCUT2D eigenvalue weighted by molar-refractivity contribution is -0.0210. The van der Waals surface area contributed by atoms with Gasteiger partial charge in [0.05, 0.1) is 12.3 Å². The first-order chi connectivity index (χ1) is 7.33. The van der Waals surface area contributed by atoms with Crippen LogP contribution in [0.3, 0.4) is 0 Å². The Balaban J connectivity index is 1.73. The number of ether oxygens (including phenoxy) is 1. The maximum Gasteiger partial charge on any atom is 0.123 e. The Morgan fingerprint density at radius 1 is 1.53 bits per heavy atom. The van der Waals surface area contributed by atoms with Crippen LogP contribution in [-0.2, 0) is 4.74 Å². The zero-order valence-electron chi connectivity index (χ0n) is 8.98. The Bertz CT molecular complexity index is 348. The zero-order chi connectivity index (χ0) is 10.3. The largest absolute Gasteiger partial charge is 0.368 e. The van der Waals surface area contributed by atoms with Crippen LogP contribution in [0.25, 0.3) is 0 Å². The number of likely N-dealkylation sites (N-methyl/N-ethyl adjacent to an activating group) is 1. The van der Waals surface area contributed by atoms with E-state index in [1.165, 1.54) is 23.5 Å². The lowest BCUT2D eigenvalue weighted by atomic mass is 10.3. The highest BCUT2D eigenvalue weighted by Gasteiger charge is 2.28. The predicted molar refractivity (Wildman–Crippen MR) is 60.3 cm³/mol. The Kier molecular flexibility index (Phi) is 2.50. The molecule has 82 valence electrons. The summed E-state index contributed by atoms with van der Waals surface area (Å²) >= 11 is 1.76. The molecule has 0 spiro atoms. The van der Waals surface area contributed by atoms with Crippen molar-refractivity contribution in [2.24, 2.45) is 0 Å². The number of hydrogen-bond donors (Lipinski definition) is 0. The molecule has 1 atom stereocenters. The molecule has 15 heavy (non-hydrogen) atoms. The molecule has 3 nitrogen and oxygen atoms in total. The third kappa shape index (κ3) is 2.07. The summed E-state index contributed by atoms with van der Waals surface area (Å²) in [7, 11) is 2.14. The average molecular weight is 224 g/mol. The summed E-state index contributed by atoms with van der Waals surface area (Å²) in [4.78, 5) is 7.01. The highest BCUT2D eigenvalue weighted by Crippen LogP contribution is 2.41. The quantitative estimate of drug-likeness (QED) is 0.768. The molecule has 1 aromatic rings. The van der Waals surface area contributed by atoms with Gasteiger partial charge < -0.3 is 9.64 Å². The molecule has 3 rings (SSSR count). The van der Waals surface area contributed by atoms with Gasteiger partial charge in [0.1, 0.15) is 11.1 Å². The van der Waals surface area contributed by atoms with E-state index in [1.807, 2.05) is 0 Å². The number of thiazole rings is 1. The topological polar surface area (TPSA) is 25.4 Å². The molecular formula is C11H16N2OS. The molecule has 1 aromatic heterocycles. The molecule has 1 unspecified atom stereocenters. The molecule has 1 saturated heterocycles. The number of morpholine rings is 1. The molecule has 1 aliphatic heterocycles. The van der Waals surface area contributed by atoms with Crippen LogP contribution in [0, 0.1) is 0 Å². The van der Waals surface area contributed by atoms with Crippen molar-refractivity contribution in [2.75, 3.05) is 26.7 Å². The molecule has 2 heterocycles. The van der Waals surface area contributed by atoms with Crippen molar-refractivity contribution in [1.82, 2.24) is 9.88 Å². The van der Waals surface area contributed by atoms with Crippen molar-refractivity contribution in [3.05, 3.63) is 16.1 Å². The second kappa shape index (κ2) is 3.85. The highest BCUT2D eigenvalue weighted by atomic mass is 32.1. The molecule has 0 amide bonds. The third-order valence-corrected chi connectivity index (χ3v) is 4.04. The minimum Gasteiger partial charge on any atom is -0.368 e. The SMILES string of the molecule is CN1CCOC(c2nc(C3CC3)cs2)C1. The summed E-state index contributed by atoms with van der Waals surface area (Å²) < 4.78 is 5.75. The van der Waals surface area contributed by atoms with Gasteiger partial charge in [-0.2, -0.15) is 0 Å². The summed E-state index contributed by atoms with van der Waals surface area (Å²) in [6.45, 7) is 2.86. The van der Waals surface area contributed by atoms with Gasteiger partial charge in [-0.1, -0.05) is 0 Å². The number of aromatic nitrogens is 1. The van der Waals surface area contributed by atoms with E-state index < -0.39 is 0 Å². The third-order valence-electron chi connectivity index (χ3n) is 3.08. The van der Waals surface area contributed by atoms with Crippen molar-refractivity contribution in [1.29, 1.82) is 0 Å². The number of hydrogen-bond acceptors (Lipinski definition) is 4. The van der Waals surface area contributed by atoms with Gasteiger partial charge in [0, 0.05) is 24.4 Å². The molecule has 2 fully saturated rings. The van der Waals surface area contributed by atoms with E-state index in [0.29, 0.717) is 0 Å². The summed E-state index contributed by atoms with van der Waals surface area (Å²) in [5.41, 5.74) is 1.30. The first kappa shape index (κ1) is 9.75. The second-order valence-electron chi connectivity index (χ2n) is 4.51. The summed E-state index contributed by atoms with van der Waals surface area (Å²) in [6.07, 6.45) is 2.87.